The highest BCUT2D eigenvalue weighted by Crippen LogP contribution is 2.45. The number of aliphatic hydroxyl groups is 1. The first-order valence-corrected chi connectivity index (χ1v) is 11.3. The number of carbonyl (C=O) groups is 2. The Bertz CT molecular complexity index is 1370. The standard InChI is InChI=1S/C26H19BrF3NO5/c1-35-19-11-8-15(12-20(19)36-2)22-21(23(32)14-6-9-17(27)10-7-14)24(33)25(34)31(22)18-5-3-4-16(13-18)26(28,29)30/h3-13,22,32H,1-2H3/t22-/m0/s1. The van der Waals surface area contributed by atoms with E-state index in [0.29, 0.717) is 11.3 Å². The number of amides is 1. The van der Waals surface area contributed by atoms with Crippen LogP contribution in [0.25, 0.3) is 5.76 Å². The zero-order chi connectivity index (χ0) is 26.2. The predicted octanol–water partition coefficient (Wildman–Crippen LogP) is 6.11. The van der Waals surface area contributed by atoms with Gasteiger partial charge < -0.3 is 14.6 Å². The average Bonchev–Trinajstić information content (AvgIpc) is 3.13. The second-order valence-corrected chi connectivity index (χ2v) is 8.75. The van der Waals surface area contributed by atoms with Gasteiger partial charge in [0.25, 0.3) is 11.7 Å². The van der Waals surface area contributed by atoms with Crippen LogP contribution >= 0.6 is 15.9 Å². The molecule has 1 aliphatic heterocycles. The molecule has 1 aliphatic rings. The minimum atomic E-state index is -4.67. The third-order valence-electron chi connectivity index (χ3n) is 5.74. The number of benzene rings is 3. The van der Waals surface area contributed by atoms with Crippen LogP contribution in [0.15, 0.2) is 76.8 Å². The van der Waals surface area contributed by atoms with Gasteiger partial charge in [0.2, 0.25) is 0 Å². The van der Waals surface area contributed by atoms with E-state index in [2.05, 4.69) is 15.9 Å². The monoisotopic (exact) mass is 561 g/mol. The molecule has 186 valence electrons. The van der Waals surface area contributed by atoms with Gasteiger partial charge in [0.15, 0.2) is 11.5 Å². The third kappa shape index (κ3) is 4.56. The summed E-state index contributed by atoms with van der Waals surface area (Å²) in [5, 5.41) is 11.1. The molecular formula is C26H19BrF3NO5. The Morgan fingerprint density at radius 3 is 2.22 bits per heavy atom. The lowest BCUT2D eigenvalue weighted by molar-refractivity contribution is -0.137. The van der Waals surface area contributed by atoms with Crippen LogP contribution in [0.1, 0.15) is 22.7 Å². The van der Waals surface area contributed by atoms with E-state index in [0.717, 1.165) is 27.6 Å². The van der Waals surface area contributed by atoms with Crippen molar-refractivity contribution in [2.24, 2.45) is 0 Å². The molecule has 1 amide bonds. The number of halogens is 4. The van der Waals surface area contributed by atoms with Crippen LogP contribution in [-0.2, 0) is 15.8 Å². The van der Waals surface area contributed by atoms with Crippen molar-refractivity contribution in [3.05, 3.63) is 93.5 Å². The minimum Gasteiger partial charge on any atom is -0.507 e. The summed E-state index contributed by atoms with van der Waals surface area (Å²) in [5.41, 5.74) is -0.831. The zero-order valence-electron chi connectivity index (χ0n) is 19.0. The van der Waals surface area contributed by atoms with Gasteiger partial charge in [-0.05, 0) is 48.0 Å². The van der Waals surface area contributed by atoms with Crippen molar-refractivity contribution in [1.82, 2.24) is 0 Å². The van der Waals surface area contributed by atoms with Gasteiger partial charge in [-0.25, -0.2) is 0 Å². The molecule has 36 heavy (non-hydrogen) atoms. The van der Waals surface area contributed by atoms with E-state index in [1.807, 2.05) is 0 Å². The van der Waals surface area contributed by atoms with E-state index in [1.54, 1.807) is 36.4 Å². The maximum atomic E-state index is 13.4. The Balaban J connectivity index is 1.97. The maximum absolute atomic E-state index is 13.4. The Labute approximate surface area is 212 Å². The third-order valence-corrected chi connectivity index (χ3v) is 6.27. The smallest absolute Gasteiger partial charge is 0.416 e. The van der Waals surface area contributed by atoms with Gasteiger partial charge in [0.1, 0.15) is 5.76 Å². The number of ether oxygens (including phenoxy) is 2. The number of carbonyl (C=O) groups excluding carboxylic acids is 2. The van der Waals surface area contributed by atoms with Crippen LogP contribution in [0, 0.1) is 0 Å². The zero-order valence-corrected chi connectivity index (χ0v) is 20.6. The molecule has 0 unspecified atom stereocenters. The first-order valence-electron chi connectivity index (χ1n) is 10.5. The fourth-order valence-corrected chi connectivity index (χ4v) is 4.30. The largest absolute Gasteiger partial charge is 0.507 e. The number of hydrogen-bond acceptors (Lipinski definition) is 5. The molecule has 0 radical (unpaired) electrons. The molecule has 1 heterocycles. The molecule has 1 N–H and O–H groups in total. The SMILES string of the molecule is COc1ccc([C@H]2C(=C(O)c3ccc(Br)cc3)C(=O)C(=O)N2c2cccc(C(F)(F)F)c2)cc1OC. The van der Waals surface area contributed by atoms with Crippen LogP contribution in [0.5, 0.6) is 11.5 Å². The predicted molar refractivity (Wildman–Crippen MR) is 130 cm³/mol. The van der Waals surface area contributed by atoms with E-state index in [9.17, 15) is 27.9 Å². The molecule has 3 aromatic carbocycles. The first-order chi connectivity index (χ1) is 17.1. The molecule has 10 heteroatoms. The van der Waals surface area contributed by atoms with Crippen molar-refractivity contribution in [3.8, 4) is 11.5 Å². The van der Waals surface area contributed by atoms with Crippen LogP contribution in [-0.4, -0.2) is 31.0 Å². The van der Waals surface area contributed by atoms with Gasteiger partial charge in [-0.1, -0.05) is 40.2 Å². The second-order valence-electron chi connectivity index (χ2n) is 7.84. The quantitative estimate of drug-likeness (QED) is 0.231. The van der Waals surface area contributed by atoms with E-state index >= 15 is 0 Å². The topological polar surface area (TPSA) is 76.1 Å². The molecule has 0 bridgehead atoms. The number of hydrogen-bond donors (Lipinski definition) is 1. The fourth-order valence-electron chi connectivity index (χ4n) is 4.03. The van der Waals surface area contributed by atoms with Crippen molar-refractivity contribution in [2.45, 2.75) is 12.2 Å². The molecule has 6 nitrogen and oxygen atoms in total. The van der Waals surface area contributed by atoms with Crippen molar-refractivity contribution in [1.29, 1.82) is 0 Å². The van der Waals surface area contributed by atoms with Crippen molar-refractivity contribution in [2.75, 3.05) is 19.1 Å². The lowest BCUT2D eigenvalue weighted by Crippen LogP contribution is -2.29. The number of nitrogens with zero attached hydrogens (tertiary/aromatic N) is 1. The van der Waals surface area contributed by atoms with Crippen molar-refractivity contribution < 1.29 is 37.3 Å². The lowest BCUT2D eigenvalue weighted by Gasteiger charge is -2.26. The number of methoxy groups -OCH3 is 2. The summed E-state index contributed by atoms with van der Waals surface area (Å²) < 4.78 is 51.6. The van der Waals surface area contributed by atoms with Gasteiger partial charge in [-0.2, -0.15) is 13.2 Å². The summed E-state index contributed by atoms with van der Waals surface area (Å²) in [6.45, 7) is 0. The minimum absolute atomic E-state index is 0.151. The fraction of sp³-hybridized carbons (Fsp3) is 0.154. The Morgan fingerprint density at radius 2 is 1.61 bits per heavy atom. The maximum Gasteiger partial charge on any atom is 0.416 e. The van der Waals surface area contributed by atoms with Crippen LogP contribution in [0.2, 0.25) is 0 Å². The number of Topliss-reactive ketones (excluding diaryl/α,β-unsaturated/α-hetero) is 1. The van der Waals surface area contributed by atoms with E-state index in [4.69, 9.17) is 9.47 Å². The van der Waals surface area contributed by atoms with E-state index < -0.39 is 35.2 Å². The Hall–Kier alpha value is -3.79. The molecule has 0 saturated carbocycles. The van der Waals surface area contributed by atoms with Gasteiger partial charge in [-0.15, -0.1) is 0 Å². The van der Waals surface area contributed by atoms with E-state index in [-0.39, 0.29) is 22.6 Å². The van der Waals surface area contributed by atoms with Gasteiger partial charge in [0.05, 0.1) is 31.4 Å². The number of aliphatic hydroxyl groups excluding tert-OH is 1. The summed E-state index contributed by atoms with van der Waals surface area (Å²) in [7, 11) is 2.83. The van der Waals surface area contributed by atoms with Crippen LogP contribution in [0.4, 0.5) is 18.9 Å². The summed E-state index contributed by atoms with van der Waals surface area (Å²) >= 11 is 3.30. The van der Waals surface area contributed by atoms with Gasteiger partial charge in [0, 0.05) is 15.7 Å². The van der Waals surface area contributed by atoms with Gasteiger partial charge >= 0.3 is 6.18 Å². The summed E-state index contributed by atoms with van der Waals surface area (Å²) in [5.74, 6) is -1.94. The van der Waals surface area contributed by atoms with Gasteiger partial charge in [-0.3, -0.25) is 14.5 Å². The molecule has 4 rings (SSSR count). The number of rotatable bonds is 5. The lowest BCUT2D eigenvalue weighted by atomic mass is 9.94. The highest BCUT2D eigenvalue weighted by molar-refractivity contribution is 9.10. The normalized spacial score (nSPS) is 17.4. The van der Waals surface area contributed by atoms with Crippen LogP contribution < -0.4 is 14.4 Å². The molecule has 1 atom stereocenters. The number of alkyl halides is 3. The Kier molecular flexibility index (Phi) is 6.81. The molecule has 3 aromatic rings. The van der Waals surface area contributed by atoms with Crippen molar-refractivity contribution >= 4 is 39.1 Å². The Morgan fingerprint density at radius 1 is 0.944 bits per heavy atom. The molecular weight excluding hydrogens is 543 g/mol. The molecule has 1 saturated heterocycles. The summed E-state index contributed by atoms with van der Waals surface area (Å²) in [4.78, 5) is 27.4. The van der Waals surface area contributed by atoms with Crippen LogP contribution in [0.3, 0.4) is 0 Å². The highest BCUT2D eigenvalue weighted by atomic mass is 79.9. The highest BCUT2D eigenvalue weighted by Gasteiger charge is 2.47. The van der Waals surface area contributed by atoms with E-state index in [1.165, 1.54) is 26.4 Å². The average molecular weight is 562 g/mol. The number of ketones is 1. The number of anilines is 1. The second kappa shape index (κ2) is 9.69. The summed E-state index contributed by atoms with van der Waals surface area (Å²) in [6.07, 6.45) is -4.67. The molecule has 0 aromatic heterocycles. The first kappa shape index (κ1) is 25.3. The summed E-state index contributed by atoms with van der Waals surface area (Å²) in [6, 6.07) is 13.8. The van der Waals surface area contributed by atoms with Crippen molar-refractivity contribution in [3.63, 3.8) is 0 Å². The molecule has 0 spiro atoms. The molecule has 0 aliphatic carbocycles. The molecule has 1 fully saturated rings.